The molecule has 33 heavy (non-hydrogen) atoms. The van der Waals surface area contributed by atoms with Crippen molar-refractivity contribution in [2.24, 2.45) is 0 Å². The van der Waals surface area contributed by atoms with Gasteiger partial charge in [0.2, 0.25) is 5.91 Å². The smallest absolute Gasteiger partial charge is 0.237 e. The molecule has 0 radical (unpaired) electrons. The van der Waals surface area contributed by atoms with Gasteiger partial charge in [-0.15, -0.1) is 11.3 Å². The van der Waals surface area contributed by atoms with E-state index in [0.717, 1.165) is 24.2 Å². The van der Waals surface area contributed by atoms with Gasteiger partial charge in [0.05, 0.1) is 25.3 Å². The van der Waals surface area contributed by atoms with Crippen molar-refractivity contribution in [1.82, 2.24) is 9.80 Å². The van der Waals surface area contributed by atoms with E-state index in [2.05, 4.69) is 11.4 Å². The minimum absolute atomic E-state index is 0.0479. The summed E-state index contributed by atoms with van der Waals surface area (Å²) in [6.07, 6.45) is 1.00. The molecule has 1 amide bonds. The fraction of sp³-hybridized carbons (Fsp3) is 0.560. The van der Waals surface area contributed by atoms with Crippen LogP contribution in [0.3, 0.4) is 0 Å². The molecule has 0 spiro atoms. The molecule has 3 rings (SSSR count). The third-order valence-electron chi connectivity index (χ3n) is 5.82. The van der Waals surface area contributed by atoms with Crippen LogP contribution in [0, 0.1) is 6.92 Å². The molecular weight excluding hydrogens is 440 g/mol. The van der Waals surface area contributed by atoms with Gasteiger partial charge in [0.15, 0.2) is 0 Å². The molecule has 182 valence electrons. The monoisotopic (exact) mass is 476 g/mol. The Morgan fingerprint density at radius 3 is 2.91 bits per heavy atom. The largest absolute Gasteiger partial charge is 0.491 e. The maximum atomic E-state index is 13.5. The number of ether oxygens (including phenoxy) is 3. The van der Waals surface area contributed by atoms with Gasteiger partial charge in [0.25, 0.3) is 0 Å². The number of methoxy groups -OCH3 is 2. The highest BCUT2D eigenvalue weighted by molar-refractivity contribution is 7.10. The minimum atomic E-state index is -0.643. The first-order valence-corrected chi connectivity index (χ1v) is 12.3. The van der Waals surface area contributed by atoms with Crippen LogP contribution in [0.1, 0.15) is 28.5 Å². The van der Waals surface area contributed by atoms with Gasteiger partial charge in [-0.3, -0.25) is 9.69 Å². The van der Waals surface area contributed by atoms with E-state index in [0.29, 0.717) is 32.8 Å². The lowest BCUT2D eigenvalue weighted by atomic mass is 10.0. The average molecular weight is 477 g/mol. The summed E-state index contributed by atoms with van der Waals surface area (Å²) < 4.78 is 16.4. The highest BCUT2D eigenvalue weighted by Gasteiger charge is 2.33. The van der Waals surface area contributed by atoms with Gasteiger partial charge in [-0.1, -0.05) is 12.1 Å². The molecular formula is C25H36N2O5S. The molecule has 1 aliphatic rings. The maximum absolute atomic E-state index is 13.5. The standard InChI is InChI=1S/C25H36N2O5S/c1-19-6-4-7-21(14-19)32-18-23-22-9-13-33-24(22)8-11-27(23)25(29)16-26(10-5-12-30-2)15-20(28)17-31-3/h4,6-7,9,13-14,20,23,28H,5,8,10-12,15-18H2,1-3H3/t20-,23-/m1/s1. The average Bonchev–Trinajstić information content (AvgIpc) is 3.27. The zero-order chi connectivity index (χ0) is 23.6. The van der Waals surface area contributed by atoms with Gasteiger partial charge in [0.1, 0.15) is 12.4 Å². The van der Waals surface area contributed by atoms with E-state index in [-0.39, 0.29) is 25.1 Å². The molecule has 0 unspecified atom stereocenters. The molecule has 8 heteroatoms. The first-order chi connectivity index (χ1) is 16.0. The zero-order valence-corrected chi connectivity index (χ0v) is 20.7. The Labute approximate surface area is 200 Å². The Hall–Kier alpha value is -1.97. The van der Waals surface area contributed by atoms with Gasteiger partial charge < -0.3 is 24.2 Å². The van der Waals surface area contributed by atoms with E-state index >= 15 is 0 Å². The molecule has 0 saturated carbocycles. The summed E-state index contributed by atoms with van der Waals surface area (Å²) in [5.41, 5.74) is 2.32. The predicted molar refractivity (Wildman–Crippen MR) is 130 cm³/mol. The van der Waals surface area contributed by atoms with Crippen LogP contribution in [0.15, 0.2) is 35.7 Å². The zero-order valence-electron chi connectivity index (χ0n) is 19.9. The quantitative estimate of drug-likeness (QED) is 0.448. The van der Waals surface area contributed by atoms with Crippen LogP contribution in [-0.2, 0) is 20.7 Å². The summed E-state index contributed by atoms with van der Waals surface area (Å²) in [6.45, 7) is 5.26. The number of fused-ring (bicyclic) bond motifs is 1. The van der Waals surface area contributed by atoms with Crippen LogP contribution in [0.5, 0.6) is 5.75 Å². The van der Waals surface area contributed by atoms with Gasteiger partial charge in [-0.2, -0.15) is 0 Å². The number of thiophene rings is 1. The highest BCUT2D eigenvalue weighted by atomic mass is 32.1. The maximum Gasteiger partial charge on any atom is 0.237 e. The molecule has 0 aliphatic carbocycles. The van der Waals surface area contributed by atoms with Crippen LogP contribution in [0.4, 0.5) is 0 Å². The molecule has 1 aliphatic heterocycles. The van der Waals surface area contributed by atoms with Crippen molar-refractivity contribution in [2.45, 2.75) is 31.9 Å². The second kappa shape index (κ2) is 13.1. The van der Waals surface area contributed by atoms with Crippen molar-refractivity contribution in [1.29, 1.82) is 0 Å². The fourth-order valence-electron chi connectivity index (χ4n) is 4.25. The van der Waals surface area contributed by atoms with Crippen LogP contribution < -0.4 is 4.74 Å². The summed E-state index contributed by atoms with van der Waals surface area (Å²) in [5.74, 6) is 0.861. The summed E-state index contributed by atoms with van der Waals surface area (Å²) in [4.78, 5) is 18.7. The number of aryl methyl sites for hydroxylation is 1. The van der Waals surface area contributed by atoms with Crippen molar-refractivity contribution in [3.05, 3.63) is 51.7 Å². The van der Waals surface area contributed by atoms with Crippen LogP contribution in [0.25, 0.3) is 0 Å². The molecule has 0 bridgehead atoms. The number of carbonyl (C=O) groups is 1. The first kappa shape index (κ1) is 25.6. The molecule has 7 nitrogen and oxygen atoms in total. The second-order valence-corrected chi connectivity index (χ2v) is 9.47. The molecule has 0 fully saturated rings. The number of amides is 1. The summed E-state index contributed by atoms with van der Waals surface area (Å²) >= 11 is 1.74. The third kappa shape index (κ3) is 7.52. The number of hydrogen-bond donors (Lipinski definition) is 1. The molecule has 1 aromatic carbocycles. The van der Waals surface area contributed by atoms with Gasteiger partial charge in [-0.05, 0) is 54.5 Å². The van der Waals surface area contributed by atoms with E-state index in [9.17, 15) is 9.90 Å². The molecule has 0 saturated heterocycles. The van der Waals surface area contributed by atoms with Gasteiger partial charge in [-0.25, -0.2) is 0 Å². The Morgan fingerprint density at radius 2 is 2.15 bits per heavy atom. The topological polar surface area (TPSA) is 71.5 Å². The van der Waals surface area contributed by atoms with E-state index in [1.54, 1.807) is 25.6 Å². The summed E-state index contributed by atoms with van der Waals surface area (Å²) in [5, 5.41) is 12.3. The van der Waals surface area contributed by atoms with Crippen molar-refractivity contribution in [3.63, 3.8) is 0 Å². The molecule has 2 heterocycles. The predicted octanol–water partition coefficient (Wildman–Crippen LogP) is 2.91. The van der Waals surface area contributed by atoms with Crippen molar-refractivity contribution >= 4 is 17.2 Å². The van der Waals surface area contributed by atoms with Gasteiger partial charge >= 0.3 is 0 Å². The van der Waals surface area contributed by atoms with Crippen LogP contribution >= 0.6 is 11.3 Å². The van der Waals surface area contributed by atoms with Crippen molar-refractivity contribution in [3.8, 4) is 5.75 Å². The lowest BCUT2D eigenvalue weighted by Gasteiger charge is -2.37. The van der Waals surface area contributed by atoms with E-state index in [1.165, 1.54) is 10.4 Å². The van der Waals surface area contributed by atoms with Crippen LogP contribution in [0.2, 0.25) is 0 Å². The Morgan fingerprint density at radius 1 is 1.30 bits per heavy atom. The summed E-state index contributed by atoms with van der Waals surface area (Å²) in [7, 11) is 3.23. The SMILES string of the molecule is COCCCN(CC(=O)N1CCc2sccc2[C@H]1COc1cccc(C)c1)C[C@@H](O)COC. The molecule has 2 aromatic rings. The number of aliphatic hydroxyl groups excluding tert-OH is 1. The normalized spacial score (nSPS) is 16.6. The van der Waals surface area contributed by atoms with E-state index in [4.69, 9.17) is 14.2 Å². The third-order valence-corrected chi connectivity index (χ3v) is 6.82. The first-order valence-electron chi connectivity index (χ1n) is 11.4. The fourth-order valence-corrected chi connectivity index (χ4v) is 5.18. The number of nitrogens with zero attached hydrogens (tertiary/aromatic N) is 2. The second-order valence-electron chi connectivity index (χ2n) is 8.47. The molecule has 1 N–H and O–H groups in total. The Balaban J connectivity index is 1.70. The van der Waals surface area contributed by atoms with E-state index in [1.807, 2.05) is 41.0 Å². The number of aliphatic hydroxyl groups is 1. The molecule has 1 aromatic heterocycles. The van der Waals surface area contributed by atoms with Crippen LogP contribution in [-0.4, -0.2) is 87.1 Å². The van der Waals surface area contributed by atoms with E-state index < -0.39 is 6.10 Å². The van der Waals surface area contributed by atoms with Crippen molar-refractivity contribution in [2.75, 3.05) is 60.2 Å². The van der Waals surface area contributed by atoms with Gasteiger partial charge in [0, 0.05) is 45.3 Å². The molecule has 2 atom stereocenters. The Bertz CT molecular complexity index is 874. The lowest BCUT2D eigenvalue weighted by molar-refractivity contribution is -0.136. The highest BCUT2D eigenvalue weighted by Crippen LogP contribution is 2.34. The minimum Gasteiger partial charge on any atom is -0.491 e. The number of benzene rings is 1. The number of carbonyl (C=O) groups excluding carboxylic acids is 1. The number of rotatable bonds is 13. The Kier molecular flexibility index (Phi) is 10.1. The summed E-state index contributed by atoms with van der Waals surface area (Å²) in [6, 6.07) is 9.97. The van der Waals surface area contributed by atoms with Crippen molar-refractivity contribution < 1.29 is 24.1 Å². The number of hydrogen-bond acceptors (Lipinski definition) is 7. The lowest BCUT2D eigenvalue weighted by Crippen LogP contribution is -2.48.